The monoisotopic (exact) mass is 279 g/mol. The molecule has 0 aromatic heterocycles. The molecule has 1 saturated carbocycles. The lowest BCUT2D eigenvalue weighted by Gasteiger charge is -2.27. The summed E-state index contributed by atoms with van der Waals surface area (Å²) in [6, 6.07) is 6.28. The van der Waals surface area contributed by atoms with Crippen molar-refractivity contribution in [1.29, 1.82) is 0 Å². The molecule has 2 rings (SSSR count). The van der Waals surface area contributed by atoms with Gasteiger partial charge in [0.05, 0.1) is 6.54 Å². The molecule has 0 atom stereocenters. The molecule has 110 valence electrons. The molecule has 5 heteroatoms. The lowest BCUT2D eigenvalue weighted by molar-refractivity contribution is -0.117. The Labute approximate surface area is 119 Å². The highest BCUT2D eigenvalue weighted by molar-refractivity contribution is 5.92. The van der Waals surface area contributed by atoms with E-state index in [4.69, 9.17) is 5.73 Å². The number of anilines is 1. The zero-order valence-electron chi connectivity index (χ0n) is 11.6. The topological polar surface area (TPSA) is 58.4 Å². The Morgan fingerprint density at radius 1 is 1.30 bits per heavy atom. The van der Waals surface area contributed by atoms with E-state index in [1.54, 1.807) is 12.1 Å². The van der Waals surface area contributed by atoms with Crippen molar-refractivity contribution in [2.24, 2.45) is 5.73 Å². The number of carbonyl (C=O) groups excluding carboxylic acids is 1. The lowest BCUT2D eigenvalue weighted by Crippen LogP contribution is -2.42. The normalized spacial score (nSPS) is 15.8. The average Bonchev–Trinajstić information content (AvgIpc) is 2.95. The van der Waals surface area contributed by atoms with Gasteiger partial charge in [0.15, 0.2) is 0 Å². The second-order valence-electron chi connectivity index (χ2n) is 5.25. The van der Waals surface area contributed by atoms with E-state index in [0.29, 0.717) is 24.8 Å². The maximum absolute atomic E-state index is 12.8. The van der Waals surface area contributed by atoms with Crippen LogP contribution in [0.1, 0.15) is 25.7 Å². The summed E-state index contributed by atoms with van der Waals surface area (Å²) in [4.78, 5) is 14.2. The summed E-state index contributed by atoms with van der Waals surface area (Å²) in [5.74, 6) is -0.379. The molecule has 0 saturated heterocycles. The molecule has 0 heterocycles. The third-order valence-corrected chi connectivity index (χ3v) is 3.73. The fourth-order valence-corrected chi connectivity index (χ4v) is 2.74. The van der Waals surface area contributed by atoms with E-state index < -0.39 is 0 Å². The van der Waals surface area contributed by atoms with Crippen LogP contribution in [0.2, 0.25) is 0 Å². The van der Waals surface area contributed by atoms with E-state index in [-0.39, 0.29) is 11.7 Å². The van der Waals surface area contributed by atoms with Gasteiger partial charge in [0, 0.05) is 24.8 Å². The van der Waals surface area contributed by atoms with Crippen LogP contribution in [0.5, 0.6) is 0 Å². The van der Waals surface area contributed by atoms with E-state index in [9.17, 15) is 9.18 Å². The van der Waals surface area contributed by atoms with E-state index in [1.165, 1.54) is 25.0 Å². The van der Waals surface area contributed by atoms with Gasteiger partial charge in [0.25, 0.3) is 0 Å². The molecule has 1 fully saturated rings. The number of hydrogen-bond acceptors (Lipinski definition) is 3. The molecule has 0 aliphatic heterocycles. The van der Waals surface area contributed by atoms with Gasteiger partial charge in [-0.25, -0.2) is 4.39 Å². The Morgan fingerprint density at radius 3 is 2.55 bits per heavy atom. The lowest BCUT2D eigenvalue weighted by atomic mass is 10.2. The Hall–Kier alpha value is -1.46. The Morgan fingerprint density at radius 2 is 1.95 bits per heavy atom. The van der Waals surface area contributed by atoms with Crippen molar-refractivity contribution in [2.45, 2.75) is 31.7 Å². The average molecular weight is 279 g/mol. The molecule has 1 aromatic rings. The van der Waals surface area contributed by atoms with Crippen LogP contribution in [0.25, 0.3) is 0 Å². The highest BCUT2D eigenvalue weighted by atomic mass is 19.1. The zero-order chi connectivity index (χ0) is 14.4. The summed E-state index contributed by atoms with van der Waals surface area (Å²) in [6.45, 7) is 1.64. The standard InChI is InChI=1S/C15H22FN3O/c16-12-5-7-13(8-6-12)18-15(20)11-19(10-9-17)14-3-1-2-4-14/h5-8,14H,1-4,9-11,17H2,(H,18,20). The van der Waals surface area contributed by atoms with Crippen molar-refractivity contribution in [1.82, 2.24) is 4.90 Å². The molecule has 1 aromatic carbocycles. The van der Waals surface area contributed by atoms with Crippen molar-refractivity contribution < 1.29 is 9.18 Å². The number of rotatable bonds is 6. The van der Waals surface area contributed by atoms with Crippen LogP contribution in [0, 0.1) is 5.82 Å². The largest absolute Gasteiger partial charge is 0.329 e. The first kappa shape index (κ1) is 14.9. The van der Waals surface area contributed by atoms with Gasteiger partial charge in [-0.15, -0.1) is 0 Å². The molecule has 1 aliphatic carbocycles. The number of benzene rings is 1. The van der Waals surface area contributed by atoms with Gasteiger partial charge in [-0.3, -0.25) is 9.69 Å². The van der Waals surface area contributed by atoms with Gasteiger partial charge in [-0.05, 0) is 37.1 Å². The van der Waals surface area contributed by atoms with Crippen LogP contribution in [-0.2, 0) is 4.79 Å². The van der Waals surface area contributed by atoms with Gasteiger partial charge in [-0.2, -0.15) is 0 Å². The van der Waals surface area contributed by atoms with E-state index in [2.05, 4.69) is 10.2 Å². The number of amides is 1. The first-order valence-corrected chi connectivity index (χ1v) is 7.18. The predicted octanol–water partition coefficient (Wildman–Crippen LogP) is 1.97. The van der Waals surface area contributed by atoms with Crippen molar-refractivity contribution in [3.05, 3.63) is 30.1 Å². The number of hydrogen-bond donors (Lipinski definition) is 2. The minimum absolute atomic E-state index is 0.0723. The molecule has 1 aliphatic rings. The number of halogens is 1. The third kappa shape index (κ3) is 4.28. The molecule has 0 spiro atoms. The summed E-state index contributed by atoms with van der Waals surface area (Å²) in [5.41, 5.74) is 6.25. The highest BCUT2D eigenvalue weighted by Gasteiger charge is 2.23. The fourth-order valence-electron chi connectivity index (χ4n) is 2.74. The minimum Gasteiger partial charge on any atom is -0.329 e. The highest BCUT2D eigenvalue weighted by Crippen LogP contribution is 2.23. The summed E-state index contributed by atoms with van der Waals surface area (Å²) in [7, 11) is 0. The van der Waals surface area contributed by atoms with E-state index in [1.807, 2.05) is 0 Å². The Bertz CT molecular complexity index is 429. The van der Waals surface area contributed by atoms with Gasteiger partial charge in [0.2, 0.25) is 5.91 Å². The van der Waals surface area contributed by atoms with E-state index >= 15 is 0 Å². The third-order valence-electron chi connectivity index (χ3n) is 3.73. The summed E-state index contributed by atoms with van der Waals surface area (Å²) in [6.07, 6.45) is 4.74. The molecule has 3 N–H and O–H groups in total. The second kappa shape index (κ2) is 7.36. The van der Waals surface area contributed by atoms with Gasteiger partial charge >= 0.3 is 0 Å². The smallest absolute Gasteiger partial charge is 0.238 e. The molecule has 0 bridgehead atoms. The van der Waals surface area contributed by atoms with Crippen LogP contribution in [0.4, 0.5) is 10.1 Å². The van der Waals surface area contributed by atoms with Crippen molar-refractivity contribution in [3.8, 4) is 0 Å². The predicted molar refractivity (Wildman–Crippen MR) is 77.9 cm³/mol. The molecule has 0 radical (unpaired) electrons. The molecule has 4 nitrogen and oxygen atoms in total. The van der Waals surface area contributed by atoms with Crippen LogP contribution in [0.3, 0.4) is 0 Å². The molecular formula is C15H22FN3O. The fraction of sp³-hybridized carbons (Fsp3) is 0.533. The Balaban J connectivity index is 1.88. The second-order valence-corrected chi connectivity index (χ2v) is 5.25. The van der Waals surface area contributed by atoms with Crippen LogP contribution < -0.4 is 11.1 Å². The number of nitrogens with two attached hydrogens (primary N) is 1. The van der Waals surface area contributed by atoms with Gasteiger partial charge < -0.3 is 11.1 Å². The zero-order valence-corrected chi connectivity index (χ0v) is 11.6. The molecule has 1 amide bonds. The summed E-state index contributed by atoms with van der Waals surface area (Å²) in [5, 5.41) is 2.79. The van der Waals surface area contributed by atoms with E-state index in [0.717, 1.165) is 19.4 Å². The molecule has 0 unspecified atom stereocenters. The van der Waals surface area contributed by atoms with Crippen LogP contribution in [0.15, 0.2) is 24.3 Å². The number of nitrogens with zero attached hydrogens (tertiary/aromatic N) is 1. The summed E-state index contributed by atoms with van der Waals surface area (Å²) >= 11 is 0. The van der Waals surface area contributed by atoms with Crippen LogP contribution >= 0.6 is 0 Å². The number of carbonyl (C=O) groups is 1. The maximum Gasteiger partial charge on any atom is 0.238 e. The van der Waals surface area contributed by atoms with Crippen molar-refractivity contribution in [3.63, 3.8) is 0 Å². The van der Waals surface area contributed by atoms with Crippen molar-refractivity contribution in [2.75, 3.05) is 25.0 Å². The van der Waals surface area contributed by atoms with Crippen molar-refractivity contribution >= 4 is 11.6 Å². The van der Waals surface area contributed by atoms with Crippen LogP contribution in [-0.4, -0.2) is 36.5 Å². The molecule has 20 heavy (non-hydrogen) atoms. The summed E-state index contributed by atoms with van der Waals surface area (Å²) < 4.78 is 12.8. The Kier molecular flexibility index (Phi) is 5.49. The van der Waals surface area contributed by atoms with Gasteiger partial charge in [0.1, 0.15) is 5.82 Å². The van der Waals surface area contributed by atoms with Gasteiger partial charge in [-0.1, -0.05) is 12.8 Å². The maximum atomic E-state index is 12.8. The minimum atomic E-state index is -0.307. The molecular weight excluding hydrogens is 257 g/mol. The first-order chi connectivity index (χ1) is 9.69. The number of nitrogens with one attached hydrogen (secondary N) is 1. The SMILES string of the molecule is NCCN(CC(=O)Nc1ccc(F)cc1)C1CCCC1. The quantitative estimate of drug-likeness (QED) is 0.837. The first-order valence-electron chi connectivity index (χ1n) is 7.18.